The maximum Gasteiger partial charge on any atom is 0.327 e. The van der Waals surface area contributed by atoms with Crippen molar-refractivity contribution in [3.05, 3.63) is 65.2 Å². The number of benzene rings is 2. The molecule has 2 rings (SSSR count). The maximum absolute atomic E-state index is 13.6. The van der Waals surface area contributed by atoms with Crippen molar-refractivity contribution in [2.45, 2.75) is 38.0 Å². The van der Waals surface area contributed by atoms with Gasteiger partial charge in [0.05, 0.1) is 13.2 Å². The normalized spacial score (nSPS) is 12.3. The molecule has 0 bridgehead atoms. The summed E-state index contributed by atoms with van der Waals surface area (Å²) in [6.45, 7) is 1.30. The Labute approximate surface area is 171 Å². The van der Waals surface area contributed by atoms with Crippen molar-refractivity contribution in [2.24, 2.45) is 5.73 Å². The van der Waals surface area contributed by atoms with Gasteiger partial charge in [0, 0.05) is 6.07 Å². The van der Waals surface area contributed by atoms with Crippen LogP contribution >= 0.6 is 8.60 Å². The van der Waals surface area contributed by atoms with Crippen LogP contribution in [0.25, 0.3) is 0 Å². The second-order valence-electron chi connectivity index (χ2n) is 6.76. The minimum absolute atomic E-state index is 0.266. The molecular formula is C21H28F2NO4P. The summed E-state index contributed by atoms with van der Waals surface area (Å²) < 4.78 is 37.1. The highest BCUT2D eigenvalue weighted by Crippen LogP contribution is 2.29. The Bertz CT molecular complexity index is 731. The lowest BCUT2D eigenvalue weighted by atomic mass is 9.91. The molecule has 1 atom stereocenters. The molecule has 2 aromatic rings. The molecule has 0 aliphatic heterocycles. The van der Waals surface area contributed by atoms with Crippen molar-refractivity contribution in [3.8, 4) is 5.75 Å². The van der Waals surface area contributed by atoms with Crippen LogP contribution in [0.3, 0.4) is 0 Å². The largest absolute Gasteiger partial charge is 0.494 e. The predicted molar refractivity (Wildman–Crippen MR) is 110 cm³/mol. The van der Waals surface area contributed by atoms with Gasteiger partial charge in [-0.25, -0.2) is 8.78 Å². The average molecular weight is 427 g/mol. The monoisotopic (exact) mass is 427 g/mol. The predicted octanol–water partition coefficient (Wildman–Crippen LogP) is 4.42. The van der Waals surface area contributed by atoms with Gasteiger partial charge in [0.1, 0.15) is 17.4 Å². The first-order valence-electron chi connectivity index (χ1n) is 9.67. The molecule has 29 heavy (non-hydrogen) atoms. The Morgan fingerprint density at radius 3 is 2.38 bits per heavy atom. The summed E-state index contributed by atoms with van der Waals surface area (Å²) in [5.41, 5.74) is 7.34. The summed E-state index contributed by atoms with van der Waals surface area (Å²) in [5.74, 6) is -0.104. The van der Waals surface area contributed by atoms with Gasteiger partial charge < -0.3 is 24.8 Å². The van der Waals surface area contributed by atoms with Gasteiger partial charge in [0.25, 0.3) is 0 Å². The van der Waals surface area contributed by atoms with Crippen LogP contribution in [0.4, 0.5) is 8.78 Å². The van der Waals surface area contributed by atoms with Crippen molar-refractivity contribution >= 4 is 8.60 Å². The molecule has 0 spiro atoms. The summed E-state index contributed by atoms with van der Waals surface area (Å²) in [6, 6.07) is 11.4. The number of hydrogen-bond donors (Lipinski definition) is 3. The van der Waals surface area contributed by atoms with Crippen molar-refractivity contribution < 1.29 is 27.8 Å². The standard InChI is InChI=1S/C21H28F2NO4P/c22-19-8-5-18(21(23)15-19)4-1-13-27-20-9-6-17(7-10-20)16(11-12-24)3-2-14-28-29(25)26/h5-10,15-16,25-26H,1-4,11-14,24H2. The van der Waals surface area contributed by atoms with Crippen LogP contribution in [0, 0.1) is 11.6 Å². The highest BCUT2D eigenvalue weighted by Gasteiger charge is 2.12. The van der Waals surface area contributed by atoms with Crippen LogP contribution in [0.1, 0.15) is 42.7 Å². The van der Waals surface area contributed by atoms with Crippen molar-refractivity contribution in [3.63, 3.8) is 0 Å². The van der Waals surface area contributed by atoms with Gasteiger partial charge in [-0.2, -0.15) is 0 Å². The van der Waals surface area contributed by atoms with Crippen LogP contribution in [-0.2, 0) is 10.9 Å². The highest BCUT2D eigenvalue weighted by molar-refractivity contribution is 7.39. The van der Waals surface area contributed by atoms with Gasteiger partial charge in [-0.3, -0.25) is 0 Å². The van der Waals surface area contributed by atoms with Gasteiger partial charge in [-0.05, 0) is 73.9 Å². The first-order chi connectivity index (χ1) is 14.0. The molecule has 0 heterocycles. The zero-order chi connectivity index (χ0) is 21.1. The summed E-state index contributed by atoms with van der Waals surface area (Å²) in [5, 5.41) is 0. The maximum atomic E-state index is 13.6. The second-order valence-corrected chi connectivity index (χ2v) is 7.52. The SMILES string of the molecule is NCCC(CCCOP(O)O)c1ccc(OCCCc2ccc(F)cc2F)cc1. The highest BCUT2D eigenvalue weighted by atomic mass is 31.2. The zero-order valence-electron chi connectivity index (χ0n) is 16.3. The molecule has 0 fully saturated rings. The lowest BCUT2D eigenvalue weighted by Gasteiger charge is -2.17. The number of aryl methyl sites for hydroxylation is 1. The van der Waals surface area contributed by atoms with E-state index in [-0.39, 0.29) is 5.92 Å². The fourth-order valence-corrected chi connectivity index (χ4v) is 3.46. The van der Waals surface area contributed by atoms with Crippen molar-refractivity contribution in [1.29, 1.82) is 0 Å². The van der Waals surface area contributed by atoms with E-state index in [1.165, 1.54) is 12.1 Å². The van der Waals surface area contributed by atoms with Crippen molar-refractivity contribution in [2.75, 3.05) is 19.8 Å². The number of hydrogen-bond acceptors (Lipinski definition) is 5. The lowest BCUT2D eigenvalue weighted by molar-refractivity contribution is 0.246. The lowest BCUT2D eigenvalue weighted by Crippen LogP contribution is -2.08. The van der Waals surface area contributed by atoms with Gasteiger partial charge in [0.15, 0.2) is 0 Å². The summed E-state index contributed by atoms with van der Waals surface area (Å²) >= 11 is 0. The topological polar surface area (TPSA) is 84.9 Å². The zero-order valence-corrected chi connectivity index (χ0v) is 17.2. The molecule has 2 aromatic carbocycles. The van der Waals surface area contributed by atoms with E-state index in [1.54, 1.807) is 0 Å². The fourth-order valence-electron chi connectivity index (χ4n) is 3.17. The van der Waals surface area contributed by atoms with E-state index >= 15 is 0 Å². The van der Waals surface area contributed by atoms with Crippen LogP contribution in [0.15, 0.2) is 42.5 Å². The first kappa shape index (κ1) is 23.6. The van der Waals surface area contributed by atoms with Gasteiger partial charge in [-0.1, -0.05) is 18.2 Å². The Balaban J connectivity index is 1.78. The molecule has 0 radical (unpaired) electrons. The van der Waals surface area contributed by atoms with E-state index < -0.39 is 20.2 Å². The van der Waals surface area contributed by atoms with Gasteiger partial charge in [-0.15, -0.1) is 0 Å². The molecule has 4 N–H and O–H groups in total. The Hall–Kier alpha value is -1.63. The molecule has 5 nitrogen and oxygen atoms in total. The molecule has 8 heteroatoms. The molecule has 160 valence electrons. The summed E-state index contributed by atoms with van der Waals surface area (Å²) in [6.07, 6.45) is 3.48. The van der Waals surface area contributed by atoms with E-state index in [9.17, 15) is 8.78 Å². The summed E-state index contributed by atoms with van der Waals surface area (Å²) in [4.78, 5) is 17.6. The van der Waals surface area contributed by atoms with Gasteiger partial charge in [0.2, 0.25) is 0 Å². The molecule has 1 unspecified atom stereocenters. The average Bonchev–Trinajstić information content (AvgIpc) is 2.69. The molecule has 0 aliphatic carbocycles. The second kappa shape index (κ2) is 12.8. The van der Waals surface area contributed by atoms with E-state index in [0.29, 0.717) is 44.6 Å². The van der Waals surface area contributed by atoms with Crippen LogP contribution in [-0.4, -0.2) is 29.5 Å². The first-order valence-corrected chi connectivity index (χ1v) is 10.8. The van der Waals surface area contributed by atoms with Crippen LogP contribution < -0.4 is 10.5 Å². The fraction of sp³-hybridized carbons (Fsp3) is 0.429. The quantitative estimate of drug-likeness (QED) is 0.326. The van der Waals surface area contributed by atoms with Crippen molar-refractivity contribution in [1.82, 2.24) is 0 Å². The minimum atomic E-state index is -2.30. The Morgan fingerprint density at radius 2 is 1.72 bits per heavy atom. The van der Waals surface area contributed by atoms with E-state index in [1.807, 2.05) is 24.3 Å². The smallest absolute Gasteiger partial charge is 0.327 e. The Kier molecular flexibility index (Phi) is 10.5. The number of halogens is 2. The van der Waals surface area contributed by atoms with Crippen LogP contribution in [0.2, 0.25) is 0 Å². The van der Waals surface area contributed by atoms with E-state index in [0.717, 1.165) is 30.2 Å². The van der Waals surface area contributed by atoms with E-state index in [4.69, 9.17) is 24.8 Å². The summed E-state index contributed by atoms with van der Waals surface area (Å²) in [7, 11) is -2.30. The third-order valence-electron chi connectivity index (χ3n) is 4.64. The number of ether oxygens (including phenoxy) is 1. The third kappa shape index (κ3) is 8.72. The number of nitrogens with two attached hydrogens (primary N) is 1. The number of rotatable bonds is 13. The molecule has 0 amide bonds. The molecule has 0 aromatic heterocycles. The molecule has 0 aliphatic rings. The third-order valence-corrected chi connectivity index (χ3v) is 5.06. The molecule has 0 saturated heterocycles. The van der Waals surface area contributed by atoms with Crippen LogP contribution in [0.5, 0.6) is 5.75 Å². The van der Waals surface area contributed by atoms with Gasteiger partial charge >= 0.3 is 8.60 Å². The molecular weight excluding hydrogens is 399 g/mol. The molecule has 0 saturated carbocycles. The Morgan fingerprint density at radius 1 is 0.966 bits per heavy atom. The minimum Gasteiger partial charge on any atom is -0.494 e. The van der Waals surface area contributed by atoms with E-state index in [2.05, 4.69) is 0 Å².